The Hall–Kier alpha value is 0.298. The third-order valence-corrected chi connectivity index (χ3v) is 1.81. The van der Waals surface area contributed by atoms with Crippen molar-refractivity contribution in [3.63, 3.8) is 0 Å². The Balaban J connectivity index is -0.000000340. The first-order valence-corrected chi connectivity index (χ1v) is 5.32. The molecule has 0 radical (unpaired) electrons. The Labute approximate surface area is 123 Å². The van der Waals surface area contributed by atoms with Crippen molar-refractivity contribution in [1.29, 1.82) is 0 Å². The number of aliphatic carboxylic acids is 1. The van der Waals surface area contributed by atoms with Crippen molar-refractivity contribution >= 4 is 13.3 Å². The first-order chi connectivity index (χ1) is 7.15. The van der Waals surface area contributed by atoms with Gasteiger partial charge in [0.2, 0.25) is 0 Å². The monoisotopic (exact) mass is 320 g/mol. The minimum atomic E-state index is -2.92. The van der Waals surface area contributed by atoms with E-state index in [0.29, 0.717) is 5.41 Å². The summed E-state index contributed by atoms with van der Waals surface area (Å²) in [7, 11) is -2.92. The Bertz CT molecular complexity index is 179. The van der Waals surface area contributed by atoms with Crippen molar-refractivity contribution in [2.24, 2.45) is 5.41 Å². The summed E-state index contributed by atoms with van der Waals surface area (Å²) in [5.41, 5.74) is 0.376. The van der Waals surface area contributed by atoms with Crippen LogP contribution < -0.4 is 20.2 Å². The maximum absolute atomic E-state index is 10.0. The van der Waals surface area contributed by atoms with Gasteiger partial charge in [-0.1, -0.05) is 33.6 Å². The molecule has 0 rings (SSSR count). The second-order valence-electron chi connectivity index (χ2n) is 4.78. The van der Waals surface area contributed by atoms with E-state index in [0.717, 1.165) is 19.3 Å². The van der Waals surface area contributed by atoms with Crippen LogP contribution in [0.4, 0.5) is 0 Å². The number of rotatable bonds is 5. The zero-order valence-electron chi connectivity index (χ0n) is 10.7. The van der Waals surface area contributed by atoms with E-state index < -0.39 is 13.3 Å². The van der Waals surface area contributed by atoms with Crippen molar-refractivity contribution in [1.82, 2.24) is 0 Å². The first kappa shape index (κ1) is 22.5. The number of hydrogen-bond acceptors (Lipinski definition) is 5. The molecule has 7 heteroatoms. The molecule has 0 aliphatic heterocycles. The van der Waals surface area contributed by atoms with E-state index in [-0.39, 0.29) is 32.6 Å². The Morgan fingerprint density at radius 1 is 1.06 bits per heavy atom. The summed E-state index contributed by atoms with van der Waals surface area (Å²) in [5.74, 6) is -0.925. The molecule has 0 aromatic rings. The molecule has 0 aliphatic rings. The second kappa shape index (κ2) is 12.7. The van der Waals surface area contributed by atoms with E-state index in [2.05, 4.69) is 20.8 Å². The van der Waals surface area contributed by atoms with Crippen LogP contribution in [0.2, 0.25) is 0 Å². The van der Waals surface area contributed by atoms with Gasteiger partial charge in [-0.05, 0) is 24.7 Å². The molecule has 17 heavy (non-hydrogen) atoms. The van der Waals surface area contributed by atoms with Crippen LogP contribution in [0.15, 0.2) is 0 Å². The van der Waals surface area contributed by atoms with Gasteiger partial charge in [-0.3, -0.25) is 7.32 Å². The van der Waals surface area contributed by atoms with Gasteiger partial charge in [0.05, 0.1) is 0 Å². The Morgan fingerprint density at radius 2 is 1.47 bits per heavy atom. The summed E-state index contributed by atoms with van der Waals surface area (Å²) in [6.45, 7) is 6.60. The standard InChI is InChI=1S/C10H20O2.BO3.Zr/c1-10(2,3)8-6-4-5-7-9(11)12;2-1(3)4;/h4-8H2,1-3H3,(H,11,12);;/q;-3;+4/p-1. The van der Waals surface area contributed by atoms with Crippen LogP contribution in [0, 0.1) is 5.41 Å². The third kappa shape index (κ3) is 38.5. The number of unbranched alkanes of at least 4 members (excludes halogenated alkanes) is 2. The second-order valence-corrected chi connectivity index (χ2v) is 4.78. The number of carbonyl (C=O) groups excluding carboxylic acids is 1. The fourth-order valence-electron chi connectivity index (χ4n) is 1.10. The summed E-state index contributed by atoms with van der Waals surface area (Å²) >= 11 is 0. The molecule has 0 N–H and O–H groups in total. The molecule has 0 spiro atoms. The molecule has 0 atom stereocenters. The summed E-state index contributed by atoms with van der Waals surface area (Å²) in [4.78, 5) is 10.0. The van der Waals surface area contributed by atoms with Gasteiger partial charge in [-0.2, -0.15) is 0 Å². The SMILES string of the molecule is CC(C)(C)CCCCCC(=O)[O-].[O-]B([O-])[O-].[Zr+4]. The van der Waals surface area contributed by atoms with Gasteiger partial charge in [-0.25, -0.2) is 0 Å². The summed E-state index contributed by atoms with van der Waals surface area (Å²) in [6.07, 6.45) is 4.27. The van der Waals surface area contributed by atoms with Crippen molar-refractivity contribution in [3.05, 3.63) is 0 Å². The van der Waals surface area contributed by atoms with Gasteiger partial charge in [0.15, 0.2) is 0 Å². The predicted octanol–water partition coefficient (Wildman–Crippen LogP) is -2.22. The van der Waals surface area contributed by atoms with Crippen LogP contribution in [0.25, 0.3) is 0 Å². The van der Waals surface area contributed by atoms with E-state index in [9.17, 15) is 9.90 Å². The quantitative estimate of drug-likeness (QED) is 0.421. The molecule has 0 saturated heterocycles. The van der Waals surface area contributed by atoms with Crippen molar-refractivity contribution in [3.8, 4) is 0 Å². The van der Waals surface area contributed by atoms with Gasteiger partial charge in [0, 0.05) is 5.97 Å². The van der Waals surface area contributed by atoms with Crippen LogP contribution in [-0.2, 0) is 31.0 Å². The number of carbonyl (C=O) groups is 1. The first-order valence-electron chi connectivity index (χ1n) is 5.32. The molecule has 0 amide bonds. The van der Waals surface area contributed by atoms with Gasteiger partial charge in [0.25, 0.3) is 0 Å². The third-order valence-electron chi connectivity index (χ3n) is 1.81. The molecule has 0 aromatic heterocycles. The van der Waals surface area contributed by atoms with E-state index >= 15 is 0 Å². The topological polar surface area (TPSA) is 109 Å². The molecule has 0 bridgehead atoms. The van der Waals surface area contributed by atoms with Crippen molar-refractivity contribution in [2.45, 2.75) is 52.9 Å². The van der Waals surface area contributed by atoms with E-state index in [1.54, 1.807) is 0 Å². The van der Waals surface area contributed by atoms with E-state index in [1.165, 1.54) is 6.42 Å². The van der Waals surface area contributed by atoms with Crippen LogP contribution in [0.5, 0.6) is 0 Å². The maximum Gasteiger partial charge on any atom is 4.00 e. The minimum absolute atomic E-state index is 0. The molecule has 5 nitrogen and oxygen atoms in total. The van der Waals surface area contributed by atoms with Gasteiger partial charge in [-0.15, -0.1) is 0 Å². The number of hydrogen-bond donors (Lipinski definition) is 0. The molecular weight excluding hydrogens is 302 g/mol. The van der Waals surface area contributed by atoms with E-state index in [1.807, 2.05) is 0 Å². The van der Waals surface area contributed by atoms with Crippen LogP contribution >= 0.6 is 0 Å². The van der Waals surface area contributed by atoms with Crippen molar-refractivity contribution in [2.75, 3.05) is 0 Å². The maximum atomic E-state index is 10.0. The van der Waals surface area contributed by atoms with Crippen molar-refractivity contribution < 1.29 is 51.2 Å². The smallest absolute Gasteiger partial charge is 0.907 e. The van der Waals surface area contributed by atoms with Crippen LogP contribution in [0.3, 0.4) is 0 Å². The Morgan fingerprint density at radius 3 is 1.76 bits per heavy atom. The van der Waals surface area contributed by atoms with Crippen LogP contribution in [-0.4, -0.2) is 13.3 Å². The summed E-state index contributed by atoms with van der Waals surface area (Å²) in [5, 5.41) is 35.3. The van der Waals surface area contributed by atoms with Gasteiger partial charge in [0.1, 0.15) is 0 Å². The fourth-order valence-corrected chi connectivity index (χ4v) is 1.10. The van der Waals surface area contributed by atoms with E-state index in [4.69, 9.17) is 15.1 Å². The Kier molecular flexibility index (Phi) is 16.9. The van der Waals surface area contributed by atoms with Crippen LogP contribution in [0.1, 0.15) is 52.9 Å². The summed E-state index contributed by atoms with van der Waals surface area (Å²) in [6, 6.07) is 0. The largest absolute Gasteiger partial charge is 4.00 e. The molecule has 0 aliphatic carbocycles. The van der Waals surface area contributed by atoms with Gasteiger partial charge < -0.3 is 25.0 Å². The van der Waals surface area contributed by atoms with Gasteiger partial charge >= 0.3 is 26.2 Å². The molecule has 0 fully saturated rings. The zero-order chi connectivity index (χ0) is 13.2. The average Bonchev–Trinajstić information content (AvgIpc) is 1.99. The minimum Gasteiger partial charge on any atom is -0.907 e. The zero-order valence-corrected chi connectivity index (χ0v) is 13.1. The molecule has 96 valence electrons. The molecule has 0 heterocycles. The molecule has 0 aromatic carbocycles. The molecule has 0 saturated carbocycles. The summed E-state index contributed by atoms with van der Waals surface area (Å²) < 4.78 is 0. The average molecular weight is 321 g/mol. The molecule has 0 unspecified atom stereocenters. The fraction of sp³-hybridized carbons (Fsp3) is 0.900. The number of carboxylic acids is 1. The normalized spacial score (nSPS) is 9.76. The number of carboxylic acid groups (broad SMARTS) is 1. The predicted molar refractivity (Wildman–Crippen MR) is 53.3 cm³/mol. The molecular formula is C10H19BO5Zr.